The van der Waals surface area contributed by atoms with Crippen LogP contribution < -0.4 is 24.0 Å². The first-order chi connectivity index (χ1) is 13.0. The minimum Gasteiger partial charge on any atom is -1.00 e. The highest BCUT2D eigenvalue weighted by Crippen LogP contribution is 2.43. The molecular formula is C22H34INO4S. The second kappa shape index (κ2) is 9.22. The maximum Gasteiger partial charge on any atom is 0.316 e. The van der Waals surface area contributed by atoms with Crippen LogP contribution in [-0.2, 0) is 24.8 Å². The van der Waals surface area contributed by atoms with Crippen LogP contribution in [0.2, 0.25) is 0 Å². The third kappa shape index (κ3) is 5.53. The van der Waals surface area contributed by atoms with Gasteiger partial charge in [0.2, 0.25) is 0 Å². The van der Waals surface area contributed by atoms with Gasteiger partial charge in [0.25, 0.3) is 0 Å². The van der Waals surface area contributed by atoms with Crippen LogP contribution in [0, 0.1) is 5.92 Å². The Morgan fingerprint density at radius 3 is 2.03 bits per heavy atom. The van der Waals surface area contributed by atoms with E-state index in [0.29, 0.717) is 0 Å². The number of rotatable bonds is 5. The zero-order valence-corrected chi connectivity index (χ0v) is 21.0. The molecule has 164 valence electrons. The molecule has 29 heavy (non-hydrogen) atoms. The maximum atomic E-state index is 13.4. The summed E-state index contributed by atoms with van der Waals surface area (Å²) in [5.74, 6) is 0.0867. The molecule has 1 heterocycles. The number of ether oxygens (including phenoxy) is 1. The Labute approximate surface area is 192 Å². The van der Waals surface area contributed by atoms with Crippen LogP contribution >= 0.6 is 0 Å². The van der Waals surface area contributed by atoms with Crippen molar-refractivity contribution in [2.24, 2.45) is 5.92 Å². The van der Waals surface area contributed by atoms with Crippen molar-refractivity contribution in [1.29, 1.82) is 0 Å². The third-order valence-electron chi connectivity index (χ3n) is 6.86. The molecule has 0 bridgehead atoms. The van der Waals surface area contributed by atoms with Crippen LogP contribution in [0.1, 0.15) is 51.0 Å². The fraction of sp³-hybridized carbons (Fsp3) is 0.682. The van der Waals surface area contributed by atoms with Crippen LogP contribution in [0.25, 0.3) is 0 Å². The lowest BCUT2D eigenvalue weighted by Gasteiger charge is -2.39. The highest BCUT2D eigenvalue weighted by atomic mass is 127. The molecule has 0 amide bonds. The van der Waals surface area contributed by atoms with Crippen LogP contribution in [0.3, 0.4) is 0 Å². The van der Waals surface area contributed by atoms with Gasteiger partial charge < -0.3 is 33.2 Å². The average Bonchev–Trinajstić information content (AvgIpc) is 3.17. The van der Waals surface area contributed by atoms with Crippen molar-refractivity contribution in [2.45, 2.75) is 61.9 Å². The zero-order valence-electron chi connectivity index (χ0n) is 18.0. The fourth-order valence-corrected chi connectivity index (χ4v) is 5.34. The minimum absolute atomic E-state index is 0. The molecule has 0 spiro atoms. The van der Waals surface area contributed by atoms with E-state index in [1.54, 1.807) is 24.3 Å². The first-order valence-corrected chi connectivity index (χ1v) is 12.3. The summed E-state index contributed by atoms with van der Waals surface area (Å²) < 4.78 is 30.6. The van der Waals surface area contributed by atoms with Crippen molar-refractivity contribution in [1.82, 2.24) is 0 Å². The maximum absolute atomic E-state index is 13.4. The molecule has 3 rings (SSSR count). The Morgan fingerprint density at radius 2 is 1.55 bits per heavy atom. The molecule has 7 heteroatoms. The van der Waals surface area contributed by atoms with Gasteiger partial charge in [0.15, 0.2) is 9.84 Å². The summed E-state index contributed by atoms with van der Waals surface area (Å²) in [5, 5.41) is 0. The third-order valence-corrected chi connectivity index (χ3v) is 7.99. The summed E-state index contributed by atoms with van der Waals surface area (Å²) >= 11 is 0. The van der Waals surface area contributed by atoms with E-state index in [-0.39, 0.29) is 46.9 Å². The van der Waals surface area contributed by atoms with Crippen molar-refractivity contribution in [3.8, 4) is 0 Å². The molecule has 1 aliphatic heterocycles. The Morgan fingerprint density at radius 1 is 1.03 bits per heavy atom. The molecule has 0 N–H and O–H groups in total. The van der Waals surface area contributed by atoms with Gasteiger partial charge in [0.1, 0.15) is 6.10 Å². The van der Waals surface area contributed by atoms with E-state index < -0.39 is 15.3 Å². The van der Waals surface area contributed by atoms with Crippen molar-refractivity contribution >= 4 is 15.8 Å². The van der Waals surface area contributed by atoms with Gasteiger partial charge in [-0.1, -0.05) is 25.0 Å². The van der Waals surface area contributed by atoms with Gasteiger partial charge in [-0.3, -0.25) is 4.79 Å². The van der Waals surface area contributed by atoms with Gasteiger partial charge in [-0.2, -0.15) is 0 Å². The van der Waals surface area contributed by atoms with Gasteiger partial charge in [0.05, 0.1) is 37.5 Å². The number of sulfone groups is 1. The second-order valence-corrected chi connectivity index (χ2v) is 11.5. The van der Waals surface area contributed by atoms with Crippen LogP contribution in [-0.4, -0.2) is 58.4 Å². The molecule has 0 radical (unpaired) electrons. The van der Waals surface area contributed by atoms with Crippen LogP contribution in [0.5, 0.6) is 0 Å². The summed E-state index contributed by atoms with van der Waals surface area (Å²) in [6.07, 6.45) is 7.25. The number of hydrogen-bond donors (Lipinski definition) is 0. The predicted molar refractivity (Wildman–Crippen MR) is 110 cm³/mol. The quantitative estimate of drug-likeness (QED) is 0.310. The van der Waals surface area contributed by atoms with E-state index in [4.69, 9.17) is 4.74 Å². The SMILES string of the molecule is CC(C(=O)OC1CC[N+](C)(C)CC1)(c1ccc(S(C)(=O)=O)cc1)C1CCCC1.[I-]. The second-order valence-electron chi connectivity index (χ2n) is 9.47. The van der Waals surface area contributed by atoms with Gasteiger partial charge >= 0.3 is 5.97 Å². The summed E-state index contributed by atoms with van der Waals surface area (Å²) in [4.78, 5) is 13.7. The van der Waals surface area contributed by atoms with Gasteiger partial charge in [-0.15, -0.1) is 0 Å². The molecule has 1 aromatic rings. The van der Waals surface area contributed by atoms with E-state index in [2.05, 4.69) is 14.1 Å². The first-order valence-electron chi connectivity index (χ1n) is 10.4. The molecule has 1 aliphatic carbocycles. The monoisotopic (exact) mass is 535 g/mol. The summed E-state index contributed by atoms with van der Waals surface area (Å²) in [5.41, 5.74) is 0.137. The van der Waals surface area contributed by atoms with Crippen LogP contribution in [0.15, 0.2) is 29.2 Å². The minimum atomic E-state index is -3.26. The standard InChI is InChI=1S/C22H34NO4S.HI/c1-22(17-7-5-6-8-17,18-9-11-20(12-10-18)28(4,25)26)21(24)27-19-13-15-23(2,3)16-14-19;/h9-12,17,19H,5-8,13-16H2,1-4H3;1H/q+1;/p-1. The summed E-state index contributed by atoms with van der Waals surface area (Å²) in [6.45, 7) is 4.02. The zero-order chi connectivity index (χ0) is 20.6. The molecule has 1 saturated carbocycles. The van der Waals surface area contributed by atoms with Crippen molar-refractivity contribution in [3.63, 3.8) is 0 Å². The highest BCUT2D eigenvalue weighted by molar-refractivity contribution is 7.90. The fourth-order valence-electron chi connectivity index (χ4n) is 4.71. The van der Waals surface area contributed by atoms with E-state index >= 15 is 0 Å². The van der Waals surface area contributed by atoms with Crippen molar-refractivity contribution < 1.29 is 46.4 Å². The lowest BCUT2D eigenvalue weighted by atomic mass is 9.71. The molecule has 2 aliphatic rings. The first kappa shape index (κ1) is 24.6. The molecule has 1 aromatic carbocycles. The average molecular weight is 535 g/mol. The molecule has 0 aromatic heterocycles. The lowest BCUT2D eigenvalue weighted by Crippen LogP contribution is -3.00. The lowest BCUT2D eigenvalue weighted by molar-refractivity contribution is -0.896. The number of nitrogens with zero attached hydrogens (tertiary/aromatic N) is 1. The summed E-state index contributed by atoms with van der Waals surface area (Å²) in [7, 11) is 1.17. The van der Waals surface area contributed by atoms with Gasteiger partial charge in [-0.25, -0.2) is 8.42 Å². The number of esters is 1. The highest BCUT2D eigenvalue weighted by Gasteiger charge is 2.46. The Bertz CT molecular complexity index is 806. The Balaban J connectivity index is 0.00000300. The number of carbonyl (C=O) groups is 1. The van der Waals surface area contributed by atoms with E-state index in [0.717, 1.165) is 61.7 Å². The molecule has 5 nitrogen and oxygen atoms in total. The number of piperidine rings is 1. The molecular weight excluding hydrogens is 501 g/mol. The number of likely N-dealkylation sites (tertiary alicyclic amines) is 1. The molecule has 1 unspecified atom stereocenters. The number of hydrogen-bond acceptors (Lipinski definition) is 4. The Hall–Kier alpha value is -0.670. The number of quaternary nitrogens is 1. The molecule has 2 fully saturated rings. The van der Waals surface area contributed by atoms with E-state index in [9.17, 15) is 13.2 Å². The van der Waals surface area contributed by atoms with Crippen molar-refractivity contribution in [2.75, 3.05) is 33.4 Å². The Kier molecular flexibility index (Phi) is 7.82. The predicted octanol–water partition coefficient (Wildman–Crippen LogP) is 0.324. The van der Waals surface area contributed by atoms with E-state index in [1.807, 2.05) is 6.92 Å². The van der Waals surface area contributed by atoms with Crippen molar-refractivity contribution in [3.05, 3.63) is 29.8 Å². The van der Waals surface area contributed by atoms with Gasteiger partial charge in [-0.05, 0) is 43.4 Å². The number of halogens is 1. The number of benzene rings is 1. The summed E-state index contributed by atoms with van der Waals surface area (Å²) in [6, 6.07) is 6.84. The molecule has 1 atom stereocenters. The molecule has 1 saturated heterocycles. The van der Waals surface area contributed by atoms with Gasteiger partial charge in [0, 0.05) is 19.1 Å². The topological polar surface area (TPSA) is 60.4 Å². The normalized spacial score (nSPS) is 22.5. The largest absolute Gasteiger partial charge is 1.00 e. The van der Waals surface area contributed by atoms with Crippen LogP contribution in [0.4, 0.5) is 0 Å². The smallest absolute Gasteiger partial charge is 0.316 e. The number of carbonyl (C=O) groups excluding carboxylic acids is 1. The van der Waals surface area contributed by atoms with E-state index in [1.165, 1.54) is 6.26 Å².